The highest BCUT2D eigenvalue weighted by Crippen LogP contribution is 2.12. The van der Waals surface area contributed by atoms with Crippen molar-refractivity contribution in [3.05, 3.63) is 24.3 Å². The molecule has 17 heavy (non-hydrogen) atoms. The van der Waals surface area contributed by atoms with E-state index in [-0.39, 0.29) is 4.90 Å². The molecule has 0 aliphatic carbocycles. The minimum Gasteiger partial charge on any atom is -0.399 e. The molecule has 0 fully saturated rings. The predicted octanol–water partition coefficient (Wildman–Crippen LogP) is 2.13. The third kappa shape index (κ3) is 4.75. The lowest BCUT2D eigenvalue weighted by molar-refractivity contribution is 0.573. The zero-order valence-electron chi connectivity index (χ0n) is 10.1. The molecule has 0 atom stereocenters. The van der Waals surface area contributed by atoms with Crippen LogP contribution in [0.4, 0.5) is 5.69 Å². The topological polar surface area (TPSA) is 72.2 Å². The largest absolute Gasteiger partial charge is 0.399 e. The molecule has 96 valence electrons. The molecular formula is C12H20N2O2S. The van der Waals surface area contributed by atoms with E-state index in [0.29, 0.717) is 12.2 Å². The van der Waals surface area contributed by atoms with E-state index in [0.717, 1.165) is 25.7 Å². The number of unbranched alkanes of at least 4 members (excludes halogenated alkanes) is 3. The van der Waals surface area contributed by atoms with Crippen LogP contribution >= 0.6 is 0 Å². The molecule has 0 saturated heterocycles. The van der Waals surface area contributed by atoms with E-state index in [2.05, 4.69) is 11.6 Å². The minimum absolute atomic E-state index is 0.230. The smallest absolute Gasteiger partial charge is 0.240 e. The summed E-state index contributed by atoms with van der Waals surface area (Å²) in [4.78, 5) is 0.230. The Morgan fingerprint density at radius 1 is 1.24 bits per heavy atom. The normalized spacial score (nSPS) is 11.6. The fourth-order valence-corrected chi connectivity index (χ4v) is 2.65. The number of sulfonamides is 1. The molecule has 3 N–H and O–H groups in total. The fourth-order valence-electron chi connectivity index (χ4n) is 1.52. The third-order valence-electron chi connectivity index (χ3n) is 2.49. The van der Waals surface area contributed by atoms with Crippen molar-refractivity contribution < 1.29 is 8.42 Å². The van der Waals surface area contributed by atoms with Crippen molar-refractivity contribution >= 4 is 15.7 Å². The maximum atomic E-state index is 11.9. The molecule has 1 rings (SSSR count). The van der Waals surface area contributed by atoms with E-state index in [9.17, 15) is 8.42 Å². The Bertz CT molecular complexity index is 444. The van der Waals surface area contributed by atoms with E-state index in [1.54, 1.807) is 18.2 Å². The van der Waals surface area contributed by atoms with Gasteiger partial charge >= 0.3 is 0 Å². The zero-order chi connectivity index (χ0) is 12.7. The first-order chi connectivity index (χ1) is 8.06. The van der Waals surface area contributed by atoms with Gasteiger partial charge in [0.2, 0.25) is 10.0 Å². The van der Waals surface area contributed by atoms with Gasteiger partial charge in [-0.15, -0.1) is 0 Å². The van der Waals surface area contributed by atoms with Crippen molar-refractivity contribution in [1.82, 2.24) is 4.72 Å². The van der Waals surface area contributed by atoms with E-state index < -0.39 is 10.0 Å². The molecule has 0 radical (unpaired) electrons. The van der Waals surface area contributed by atoms with Crippen LogP contribution < -0.4 is 10.5 Å². The Morgan fingerprint density at radius 3 is 2.65 bits per heavy atom. The summed E-state index contributed by atoms with van der Waals surface area (Å²) in [5.74, 6) is 0. The van der Waals surface area contributed by atoms with Gasteiger partial charge in [-0.1, -0.05) is 32.3 Å². The van der Waals surface area contributed by atoms with Crippen LogP contribution in [-0.4, -0.2) is 15.0 Å². The molecule has 4 nitrogen and oxygen atoms in total. The number of rotatable bonds is 7. The monoisotopic (exact) mass is 256 g/mol. The highest BCUT2D eigenvalue weighted by atomic mass is 32.2. The van der Waals surface area contributed by atoms with Crippen LogP contribution in [0.3, 0.4) is 0 Å². The van der Waals surface area contributed by atoms with E-state index in [4.69, 9.17) is 5.73 Å². The molecule has 0 saturated carbocycles. The lowest BCUT2D eigenvalue weighted by Gasteiger charge is -2.07. The van der Waals surface area contributed by atoms with Crippen LogP contribution in [0.5, 0.6) is 0 Å². The minimum atomic E-state index is -3.40. The highest BCUT2D eigenvalue weighted by Gasteiger charge is 2.12. The summed E-state index contributed by atoms with van der Waals surface area (Å²) in [6.07, 6.45) is 4.20. The summed E-state index contributed by atoms with van der Waals surface area (Å²) in [5.41, 5.74) is 6.01. The van der Waals surface area contributed by atoms with Crippen molar-refractivity contribution in [2.24, 2.45) is 0 Å². The summed E-state index contributed by atoms with van der Waals surface area (Å²) < 4.78 is 26.3. The van der Waals surface area contributed by atoms with Gasteiger partial charge in [0.15, 0.2) is 0 Å². The molecule has 0 aliphatic rings. The van der Waals surface area contributed by atoms with Gasteiger partial charge < -0.3 is 5.73 Å². The number of benzene rings is 1. The van der Waals surface area contributed by atoms with Gasteiger partial charge in [0.05, 0.1) is 4.90 Å². The number of hydrogen-bond donors (Lipinski definition) is 2. The maximum Gasteiger partial charge on any atom is 0.240 e. The molecule has 0 spiro atoms. The first-order valence-corrected chi connectivity index (χ1v) is 7.40. The van der Waals surface area contributed by atoms with E-state index in [1.807, 2.05) is 0 Å². The molecule has 0 amide bonds. The van der Waals surface area contributed by atoms with Crippen molar-refractivity contribution in [3.8, 4) is 0 Å². The second-order valence-corrected chi connectivity index (χ2v) is 5.80. The number of nitrogen functional groups attached to an aromatic ring is 1. The van der Waals surface area contributed by atoms with Crippen molar-refractivity contribution in [3.63, 3.8) is 0 Å². The van der Waals surface area contributed by atoms with Crippen LogP contribution in [0.25, 0.3) is 0 Å². The van der Waals surface area contributed by atoms with Crippen LogP contribution in [0.1, 0.15) is 32.6 Å². The fraction of sp³-hybridized carbons (Fsp3) is 0.500. The summed E-state index contributed by atoms with van der Waals surface area (Å²) in [7, 11) is -3.40. The highest BCUT2D eigenvalue weighted by molar-refractivity contribution is 7.89. The molecule has 1 aromatic carbocycles. The summed E-state index contributed by atoms with van der Waals surface area (Å²) in [6.45, 7) is 2.61. The molecule has 0 heterocycles. The van der Waals surface area contributed by atoms with Gasteiger partial charge in [0.25, 0.3) is 0 Å². The van der Waals surface area contributed by atoms with Gasteiger partial charge in [-0.2, -0.15) is 0 Å². The first-order valence-electron chi connectivity index (χ1n) is 5.91. The molecular weight excluding hydrogens is 236 g/mol. The lowest BCUT2D eigenvalue weighted by atomic mass is 10.2. The van der Waals surface area contributed by atoms with E-state index in [1.165, 1.54) is 6.07 Å². The number of nitrogens with one attached hydrogen (secondary N) is 1. The molecule has 0 unspecified atom stereocenters. The number of anilines is 1. The number of nitrogens with two attached hydrogens (primary N) is 1. The van der Waals surface area contributed by atoms with Gasteiger partial charge in [0.1, 0.15) is 0 Å². The Hall–Kier alpha value is -1.07. The van der Waals surface area contributed by atoms with Gasteiger partial charge in [-0.3, -0.25) is 0 Å². The second kappa shape index (κ2) is 6.61. The van der Waals surface area contributed by atoms with Gasteiger partial charge in [-0.05, 0) is 24.6 Å². The second-order valence-electron chi connectivity index (χ2n) is 4.03. The average Bonchev–Trinajstić information content (AvgIpc) is 2.29. The average molecular weight is 256 g/mol. The SMILES string of the molecule is CCCCCCNS(=O)(=O)c1cccc(N)c1. The summed E-state index contributed by atoms with van der Waals surface area (Å²) in [6, 6.07) is 6.32. The summed E-state index contributed by atoms with van der Waals surface area (Å²) >= 11 is 0. The predicted molar refractivity (Wildman–Crippen MR) is 70.2 cm³/mol. The molecule has 1 aromatic rings. The molecule has 0 aliphatic heterocycles. The molecule has 0 bridgehead atoms. The van der Waals surface area contributed by atoms with Crippen LogP contribution in [0, 0.1) is 0 Å². The third-order valence-corrected chi connectivity index (χ3v) is 3.95. The molecule has 5 heteroatoms. The van der Waals surface area contributed by atoms with Gasteiger partial charge in [0, 0.05) is 12.2 Å². The van der Waals surface area contributed by atoms with Gasteiger partial charge in [-0.25, -0.2) is 13.1 Å². The Morgan fingerprint density at radius 2 is 2.00 bits per heavy atom. The Labute approximate surface area is 103 Å². The standard InChI is InChI=1S/C12H20N2O2S/c1-2-3-4-5-9-14-17(15,16)12-8-6-7-11(13)10-12/h6-8,10,14H,2-5,9,13H2,1H3. The quantitative estimate of drug-likeness (QED) is 0.580. The Kier molecular flexibility index (Phi) is 5.44. The van der Waals surface area contributed by atoms with E-state index >= 15 is 0 Å². The number of hydrogen-bond acceptors (Lipinski definition) is 3. The molecule has 0 aromatic heterocycles. The zero-order valence-corrected chi connectivity index (χ0v) is 11.0. The first kappa shape index (κ1) is 14.0. The van der Waals surface area contributed by atoms with Crippen molar-refractivity contribution in [2.45, 2.75) is 37.5 Å². The lowest BCUT2D eigenvalue weighted by Crippen LogP contribution is -2.24. The van der Waals surface area contributed by atoms with Crippen molar-refractivity contribution in [1.29, 1.82) is 0 Å². The Balaban J connectivity index is 2.51. The van der Waals surface area contributed by atoms with Crippen LogP contribution in [0.15, 0.2) is 29.2 Å². The maximum absolute atomic E-state index is 11.9. The summed E-state index contributed by atoms with van der Waals surface area (Å²) in [5, 5.41) is 0. The van der Waals surface area contributed by atoms with Crippen LogP contribution in [-0.2, 0) is 10.0 Å². The van der Waals surface area contributed by atoms with Crippen molar-refractivity contribution in [2.75, 3.05) is 12.3 Å². The van der Waals surface area contributed by atoms with Crippen LogP contribution in [0.2, 0.25) is 0 Å².